The van der Waals surface area contributed by atoms with Crippen molar-refractivity contribution in [2.75, 3.05) is 31.5 Å². The zero-order valence-electron chi connectivity index (χ0n) is 14.3. The smallest absolute Gasteiger partial charge is 0.157 e. The first-order chi connectivity index (χ1) is 11.0. The lowest BCUT2D eigenvalue weighted by atomic mass is 10.1. The minimum absolute atomic E-state index is 0.352. The van der Waals surface area contributed by atoms with Crippen molar-refractivity contribution in [3.63, 3.8) is 0 Å². The van der Waals surface area contributed by atoms with Gasteiger partial charge in [0, 0.05) is 30.9 Å². The maximum absolute atomic E-state index is 10.3. The molecule has 23 heavy (non-hydrogen) atoms. The summed E-state index contributed by atoms with van der Waals surface area (Å²) in [5.41, 5.74) is 2.83. The van der Waals surface area contributed by atoms with E-state index in [-0.39, 0.29) is 6.10 Å². The molecule has 1 aliphatic rings. The van der Waals surface area contributed by atoms with Crippen LogP contribution in [0, 0.1) is 6.92 Å². The third-order valence-electron chi connectivity index (χ3n) is 4.35. The van der Waals surface area contributed by atoms with Crippen molar-refractivity contribution in [1.82, 2.24) is 19.5 Å². The Morgan fingerprint density at radius 2 is 2.00 bits per heavy atom. The predicted molar refractivity (Wildman–Crippen MR) is 92.0 cm³/mol. The van der Waals surface area contributed by atoms with Crippen molar-refractivity contribution in [2.24, 2.45) is 0 Å². The van der Waals surface area contributed by atoms with Gasteiger partial charge in [0.1, 0.15) is 5.82 Å². The topological polar surface area (TPSA) is 65.7 Å². The highest BCUT2D eigenvalue weighted by molar-refractivity contribution is 5.51. The molecule has 0 radical (unpaired) electrons. The van der Waals surface area contributed by atoms with E-state index in [1.807, 2.05) is 23.6 Å². The molecule has 1 atom stereocenters. The van der Waals surface area contributed by atoms with E-state index in [1.54, 1.807) is 0 Å². The first-order valence-corrected chi connectivity index (χ1v) is 8.54. The molecule has 2 aromatic heterocycles. The van der Waals surface area contributed by atoms with Gasteiger partial charge in [-0.3, -0.25) is 0 Å². The summed E-state index contributed by atoms with van der Waals surface area (Å²) in [5.74, 6) is 1.25. The molecule has 0 aromatic carbocycles. The molecule has 6 heteroatoms. The standard InChI is InChI=1S/C17H27N5O/c1-12(2)15-9-16(22-17(19-15)8-13(3)20-22)18-10-14(23)11-21-6-4-5-7-21/h8-9,12,14,18,23H,4-7,10-11H2,1-3H3/t14-/m0/s1. The van der Waals surface area contributed by atoms with Crippen LogP contribution in [0.25, 0.3) is 5.65 Å². The largest absolute Gasteiger partial charge is 0.390 e. The molecule has 3 rings (SSSR count). The van der Waals surface area contributed by atoms with Crippen LogP contribution in [0.2, 0.25) is 0 Å². The Hall–Kier alpha value is -1.66. The van der Waals surface area contributed by atoms with Crippen molar-refractivity contribution >= 4 is 11.5 Å². The SMILES string of the molecule is Cc1cc2nc(C(C)C)cc(NC[C@H](O)CN3CCCC3)n2n1. The van der Waals surface area contributed by atoms with Crippen molar-refractivity contribution in [1.29, 1.82) is 0 Å². The molecule has 0 unspecified atom stereocenters. The van der Waals surface area contributed by atoms with E-state index in [0.29, 0.717) is 12.5 Å². The van der Waals surface area contributed by atoms with Crippen LogP contribution in [-0.2, 0) is 0 Å². The number of fused-ring (bicyclic) bond motifs is 1. The molecule has 0 bridgehead atoms. The van der Waals surface area contributed by atoms with E-state index in [1.165, 1.54) is 12.8 Å². The molecule has 126 valence electrons. The highest BCUT2D eigenvalue weighted by Gasteiger charge is 2.16. The summed E-state index contributed by atoms with van der Waals surface area (Å²) < 4.78 is 1.82. The van der Waals surface area contributed by atoms with Crippen LogP contribution in [0.1, 0.15) is 44.0 Å². The van der Waals surface area contributed by atoms with Gasteiger partial charge in [-0.05, 0) is 38.8 Å². The third kappa shape index (κ3) is 3.82. The number of hydrogen-bond donors (Lipinski definition) is 2. The predicted octanol–water partition coefficient (Wildman–Crippen LogP) is 2.03. The molecule has 2 aromatic rings. The summed E-state index contributed by atoms with van der Waals surface area (Å²) >= 11 is 0. The van der Waals surface area contributed by atoms with E-state index in [2.05, 4.69) is 34.1 Å². The maximum Gasteiger partial charge on any atom is 0.157 e. The lowest BCUT2D eigenvalue weighted by Gasteiger charge is -2.20. The van der Waals surface area contributed by atoms with E-state index >= 15 is 0 Å². The van der Waals surface area contributed by atoms with Gasteiger partial charge in [0.15, 0.2) is 5.65 Å². The molecule has 1 fully saturated rings. The van der Waals surface area contributed by atoms with Crippen molar-refractivity contribution < 1.29 is 5.11 Å². The first kappa shape index (κ1) is 16.2. The molecule has 1 saturated heterocycles. The fraction of sp³-hybridized carbons (Fsp3) is 0.647. The number of hydrogen-bond acceptors (Lipinski definition) is 5. The highest BCUT2D eigenvalue weighted by atomic mass is 16.3. The Morgan fingerprint density at radius 1 is 1.26 bits per heavy atom. The van der Waals surface area contributed by atoms with Crippen LogP contribution < -0.4 is 5.32 Å². The Balaban J connectivity index is 1.72. The van der Waals surface area contributed by atoms with Crippen LogP contribution in [0.4, 0.5) is 5.82 Å². The number of nitrogens with one attached hydrogen (secondary N) is 1. The van der Waals surface area contributed by atoms with Gasteiger partial charge >= 0.3 is 0 Å². The zero-order valence-corrected chi connectivity index (χ0v) is 14.3. The van der Waals surface area contributed by atoms with Gasteiger partial charge < -0.3 is 15.3 Å². The average Bonchev–Trinajstić information content (AvgIpc) is 3.12. The first-order valence-electron chi connectivity index (χ1n) is 8.54. The number of β-amino-alcohol motifs (C(OH)–C–C–N with tert-alkyl or cyclic N) is 1. The number of aryl methyl sites for hydroxylation is 1. The van der Waals surface area contributed by atoms with E-state index in [0.717, 1.165) is 42.5 Å². The van der Waals surface area contributed by atoms with Gasteiger partial charge in [0.25, 0.3) is 0 Å². The number of nitrogens with zero attached hydrogens (tertiary/aromatic N) is 4. The molecular weight excluding hydrogens is 290 g/mol. The fourth-order valence-corrected chi connectivity index (χ4v) is 3.08. The number of aromatic nitrogens is 3. The molecule has 0 spiro atoms. The number of aliphatic hydroxyl groups excluding tert-OH is 1. The minimum atomic E-state index is -0.379. The van der Waals surface area contributed by atoms with Gasteiger partial charge in [0.05, 0.1) is 11.8 Å². The lowest BCUT2D eigenvalue weighted by Crippen LogP contribution is -2.34. The summed E-state index contributed by atoms with van der Waals surface area (Å²) in [5, 5.41) is 18.1. The summed E-state index contributed by atoms with van der Waals surface area (Å²) in [6.07, 6.45) is 2.11. The van der Waals surface area contributed by atoms with Gasteiger partial charge in [-0.2, -0.15) is 9.61 Å². The molecule has 0 amide bonds. The number of anilines is 1. The Morgan fingerprint density at radius 3 is 2.70 bits per heavy atom. The summed E-state index contributed by atoms with van der Waals surface area (Å²) in [6.45, 7) is 9.69. The van der Waals surface area contributed by atoms with E-state index in [4.69, 9.17) is 0 Å². The molecular formula is C17H27N5O. The van der Waals surface area contributed by atoms with Crippen LogP contribution in [-0.4, -0.2) is 56.9 Å². The number of likely N-dealkylation sites (tertiary alicyclic amines) is 1. The van der Waals surface area contributed by atoms with Crippen molar-refractivity contribution in [3.8, 4) is 0 Å². The molecule has 6 nitrogen and oxygen atoms in total. The van der Waals surface area contributed by atoms with Gasteiger partial charge in [-0.1, -0.05) is 13.8 Å². The maximum atomic E-state index is 10.3. The molecule has 1 aliphatic heterocycles. The summed E-state index contributed by atoms with van der Waals surface area (Å²) in [6, 6.07) is 4.02. The Bertz CT molecular complexity index is 660. The molecule has 0 saturated carbocycles. The van der Waals surface area contributed by atoms with Crippen LogP contribution in [0.15, 0.2) is 12.1 Å². The number of rotatable bonds is 6. The van der Waals surface area contributed by atoms with E-state index in [9.17, 15) is 5.11 Å². The quantitative estimate of drug-likeness (QED) is 0.853. The molecule has 3 heterocycles. The van der Waals surface area contributed by atoms with Crippen molar-refractivity contribution in [2.45, 2.75) is 45.6 Å². The third-order valence-corrected chi connectivity index (χ3v) is 4.35. The Kier molecular flexibility index (Phi) is 4.82. The van der Waals surface area contributed by atoms with Crippen molar-refractivity contribution in [3.05, 3.63) is 23.5 Å². The fourth-order valence-electron chi connectivity index (χ4n) is 3.08. The minimum Gasteiger partial charge on any atom is -0.390 e. The Labute approximate surface area is 137 Å². The average molecular weight is 317 g/mol. The summed E-state index contributed by atoms with van der Waals surface area (Å²) in [7, 11) is 0. The molecule has 2 N–H and O–H groups in total. The van der Waals surface area contributed by atoms with E-state index < -0.39 is 0 Å². The summed E-state index contributed by atoms with van der Waals surface area (Å²) in [4.78, 5) is 6.98. The van der Waals surface area contributed by atoms with Gasteiger partial charge in [-0.15, -0.1) is 0 Å². The number of aliphatic hydroxyl groups is 1. The monoisotopic (exact) mass is 317 g/mol. The zero-order chi connectivity index (χ0) is 16.4. The van der Waals surface area contributed by atoms with Crippen LogP contribution >= 0.6 is 0 Å². The van der Waals surface area contributed by atoms with Crippen LogP contribution in [0.3, 0.4) is 0 Å². The van der Waals surface area contributed by atoms with Gasteiger partial charge in [-0.25, -0.2) is 4.98 Å². The second kappa shape index (κ2) is 6.84. The second-order valence-corrected chi connectivity index (χ2v) is 6.82. The van der Waals surface area contributed by atoms with Crippen LogP contribution in [0.5, 0.6) is 0 Å². The lowest BCUT2D eigenvalue weighted by molar-refractivity contribution is 0.135. The highest BCUT2D eigenvalue weighted by Crippen LogP contribution is 2.19. The molecule has 0 aliphatic carbocycles. The second-order valence-electron chi connectivity index (χ2n) is 6.82. The van der Waals surface area contributed by atoms with Gasteiger partial charge in [0.2, 0.25) is 0 Å². The normalized spacial score (nSPS) is 17.3.